The number of carbonyl (C=O) groups excluding carboxylic acids is 1. The second-order valence-corrected chi connectivity index (χ2v) is 6.59. The number of benzene rings is 2. The molecule has 0 saturated carbocycles. The van der Waals surface area contributed by atoms with E-state index in [-0.39, 0.29) is 5.91 Å². The smallest absolute Gasteiger partial charge is 0.246 e. The normalized spacial score (nSPS) is 11.8. The maximum atomic E-state index is 12.6. The van der Waals surface area contributed by atoms with Crippen LogP contribution in [0.1, 0.15) is 26.3 Å². The molecule has 0 bridgehead atoms. The largest absolute Gasteiger partial charge is 0.455 e. The van der Waals surface area contributed by atoms with E-state index in [0.29, 0.717) is 18.1 Å². The lowest BCUT2D eigenvalue weighted by Crippen LogP contribution is -2.28. The van der Waals surface area contributed by atoms with Crippen molar-refractivity contribution in [2.75, 3.05) is 13.1 Å². The van der Waals surface area contributed by atoms with Crippen molar-refractivity contribution in [2.45, 2.75) is 20.8 Å². The number of fused-ring (bicyclic) bond motifs is 1. The monoisotopic (exact) mass is 367 g/mol. The van der Waals surface area contributed by atoms with Gasteiger partial charge in [0.2, 0.25) is 5.91 Å². The number of hydrogen-bond acceptors (Lipinski definition) is 2. The first-order chi connectivity index (χ1) is 12.5. The summed E-state index contributed by atoms with van der Waals surface area (Å²) >= 11 is 6.22. The minimum atomic E-state index is 0.00268. The van der Waals surface area contributed by atoms with E-state index in [4.69, 9.17) is 16.0 Å². The van der Waals surface area contributed by atoms with Gasteiger partial charge in [0, 0.05) is 40.7 Å². The second kappa shape index (κ2) is 7.79. The van der Waals surface area contributed by atoms with Gasteiger partial charge < -0.3 is 9.32 Å². The predicted molar refractivity (Wildman–Crippen MR) is 108 cm³/mol. The molecule has 0 unspecified atom stereocenters. The molecule has 26 heavy (non-hydrogen) atoms. The quantitative estimate of drug-likeness (QED) is 0.516. The lowest BCUT2D eigenvalue weighted by molar-refractivity contribution is -0.125. The molecule has 0 N–H and O–H groups in total. The van der Waals surface area contributed by atoms with Crippen LogP contribution < -0.4 is 0 Å². The van der Waals surface area contributed by atoms with Crippen LogP contribution in [0.4, 0.5) is 0 Å². The van der Waals surface area contributed by atoms with Gasteiger partial charge in [-0.1, -0.05) is 41.9 Å². The molecule has 1 amide bonds. The highest BCUT2D eigenvalue weighted by atomic mass is 35.5. The van der Waals surface area contributed by atoms with E-state index in [1.165, 1.54) is 0 Å². The molecular formula is C22H22ClNO2. The SMILES string of the molecule is CCN(CC)C(=O)/C=C(\C)c1c(-c2ccccc2)oc2ccc(Cl)cc12. The molecule has 0 spiro atoms. The molecule has 3 rings (SSSR count). The topological polar surface area (TPSA) is 33.5 Å². The second-order valence-electron chi connectivity index (χ2n) is 6.15. The Balaban J connectivity index is 2.19. The molecule has 0 atom stereocenters. The third-order valence-corrected chi connectivity index (χ3v) is 4.73. The fraction of sp³-hybridized carbons (Fsp3) is 0.227. The number of hydrogen-bond donors (Lipinski definition) is 0. The van der Waals surface area contributed by atoms with E-state index in [2.05, 4.69) is 0 Å². The Kier molecular flexibility index (Phi) is 5.48. The van der Waals surface area contributed by atoms with Crippen molar-refractivity contribution < 1.29 is 9.21 Å². The number of amides is 1. The van der Waals surface area contributed by atoms with Gasteiger partial charge in [0.15, 0.2) is 0 Å². The molecule has 0 fully saturated rings. The summed E-state index contributed by atoms with van der Waals surface area (Å²) in [5.74, 6) is 0.756. The summed E-state index contributed by atoms with van der Waals surface area (Å²) in [5, 5.41) is 1.56. The number of halogens is 1. The number of nitrogens with zero attached hydrogens (tertiary/aromatic N) is 1. The molecule has 3 aromatic rings. The van der Waals surface area contributed by atoms with E-state index in [9.17, 15) is 4.79 Å². The highest BCUT2D eigenvalue weighted by Gasteiger charge is 2.19. The van der Waals surface area contributed by atoms with Crippen molar-refractivity contribution >= 4 is 34.1 Å². The number of allylic oxidation sites excluding steroid dienone is 1. The summed E-state index contributed by atoms with van der Waals surface area (Å²) in [6.07, 6.45) is 1.69. The number of carbonyl (C=O) groups is 1. The van der Waals surface area contributed by atoms with Crippen LogP contribution in [0, 0.1) is 0 Å². The van der Waals surface area contributed by atoms with Gasteiger partial charge in [-0.15, -0.1) is 0 Å². The van der Waals surface area contributed by atoms with Gasteiger partial charge in [-0.3, -0.25) is 4.79 Å². The van der Waals surface area contributed by atoms with Gasteiger partial charge in [0.1, 0.15) is 11.3 Å². The number of furan rings is 1. The Morgan fingerprint density at radius 1 is 1.12 bits per heavy atom. The molecule has 4 heteroatoms. The Hall–Kier alpha value is -2.52. The number of likely N-dealkylation sites (N-methyl/N-ethyl adjacent to an activating group) is 1. The van der Waals surface area contributed by atoms with Gasteiger partial charge in [0.05, 0.1) is 0 Å². The van der Waals surface area contributed by atoms with Crippen molar-refractivity contribution in [1.82, 2.24) is 4.90 Å². The van der Waals surface area contributed by atoms with Gasteiger partial charge in [-0.2, -0.15) is 0 Å². The van der Waals surface area contributed by atoms with Crippen molar-refractivity contribution in [1.29, 1.82) is 0 Å². The highest BCUT2D eigenvalue weighted by Crippen LogP contribution is 2.38. The van der Waals surface area contributed by atoms with Gasteiger partial charge >= 0.3 is 0 Å². The molecule has 0 aliphatic rings. The van der Waals surface area contributed by atoms with Crippen LogP contribution >= 0.6 is 11.6 Å². The molecular weight excluding hydrogens is 346 g/mol. The molecule has 2 aromatic carbocycles. The summed E-state index contributed by atoms with van der Waals surface area (Å²) in [6.45, 7) is 7.27. The maximum Gasteiger partial charge on any atom is 0.246 e. The molecule has 0 radical (unpaired) electrons. The summed E-state index contributed by atoms with van der Waals surface area (Å²) in [4.78, 5) is 14.3. The van der Waals surface area contributed by atoms with Crippen LogP contribution in [0.3, 0.4) is 0 Å². The van der Waals surface area contributed by atoms with E-state index in [0.717, 1.165) is 33.4 Å². The molecule has 1 heterocycles. The van der Waals surface area contributed by atoms with Crippen LogP contribution in [-0.4, -0.2) is 23.9 Å². The summed E-state index contributed by atoms with van der Waals surface area (Å²) in [6, 6.07) is 15.5. The van der Waals surface area contributed by atoms with Crippen molar-refractivity contribution in [3.63, 3.8) is 0 Å². The van der Waals surface area contributed by atoms with E-state index < -0.39 is 0 Å². The first-order valence-corrected chi connectivity index (χ1v) is 9.18. The van der Waals surface area contributed by atoms with Gasteiger partial charge in [0.25, 0.3) is 0 Å². The minimum absolute atomic E-state index is 0.00268. The highest BCUT2D eigenvalue weighted by molar-refractivity contribution is 6.31. The van der Waals surface area contributed by atoms with Crippen molar-refractivity contribution in [3.8, 4) is 11.3 Å². The van der Waals surface area contributed by atoms with E-state index >= 15 is 0 Å². The van der Waals surface area contributed by atoms with Crippen LogP contribution in [-0.2, 0) is 4.79 Å². The average molecular weight is 368 g/mol. The summed E-state index contributed by atoms with van der Waals surface area (Å²) < 4.78 is 6.13. The van der Waals surface area contributed by atoms with E-state index in [1.807, 2.05) is 69.3 Å². The zero-order valence-corrected chi connectivity index (χ0v) is 16.0. The average Bonchev–Trinajstić information content (AvgIpc) is 3.02. The summed E-state index contributed by atoms with van der Waals surface area (Å²) in [5.41, 5.74) is 3.50. The first kappa shape index (κ1) is 18.3. The van der Waals surface area contributed by atoms with Crippen molar-refractivity contribution in [2.24, 2.45) is 0 Å². The molecule has 0 aliphatic carbocycles. The summed E-state index contributed by atoms with van der Waals surface area (Å²) in [7, 11) is 0. The standard InChI is InChI=1S/C22H22ClNO2/c1-4-24(5-2)20(25)13-15(3)21-18-14-17(23)11-12-19(18)26-22(21)16-9-7-6-8-10-16/h6-14H,4-5H2,1-3H3/b15-13+. The van der Waals surface area contributed by atoms with Crippen LogP contribution in [0.5, 0.6) is 0 Å². The Bertz CT molecular complexity index is 953. The number of rotatable bonds is 5. The minimum Gasteiger partial charge on any atom is -0.455 e. The van der Waals surface area contributed by atoms with Crippen LogP contribution in [0.25, 0.3) is 27.9 Å². The third-order valence-electron chi connectivity index (χ3n) is 4.50. The molecule has 134 valence electrons. The zero-order valence-electron chi connectivity index (χ0n) is 15.3. The Labute approximate surface area is 158 Å². The maximum absolute atomic E-state index is 12.6. The molecule has 3 nitrogen and oxygen atoms in total. The zero-order chi connectivity index (χ0) is 18.7. The van der Waals surface area contributed by atoms with Crippen LogP contribution in [0.2, 0.25) is 5.02 Å². The first-order valence-electron chi connectivity index (χ1n) is 8.80. The fourth-order valence-electron chi connectivity index (χ4n) is 3.14. The Morgan fingerprint density at radius 3 is 2.46 bits per heavy atom. The van der Waals surface area contributed by atoms with Gasteiger partial charge in [-0.05, 0) is 44.5 Å². The predicted octanol–water partition coefficient (Wildman–Crippen LogP) is 6.02. The fourth-order valence-corrected chi connectivity index (χ4v) is 3.31. The molecule has 0 saturated heterocycles. The molecule has 1 aromatic heterocycles. The Morgan fingerprint density at radius 2 is 1.81 bits per heavy atom. The van der Waals surface area contributed by atoms with Gasteiger partial charge in [-0.25, -0.2) is 0 Å². The van der Waals surface area contributed by atoms with Crippen LogP contribution in [0.15, 0.2) is 59.0 Å². The van der Waals surface area contributed by atoms with Crippen molar-refractivity contribution in [3.05, 3.63) is 65.2 Å². The molecule has 0 aliphatic heterocycles. The lowest BCUT2D eigenvalue weighted by Gasteiger charge is -2.16. The lowest BCUT2D eigenvalue weighted by atomic mass is 9.99. The third kappa shape index (κ3) is 3.54. The van der Waals surface area contributed by atoms with E-state index in [1.54, 1.807) is 11.0 Å².